The summed E-state index contributed by atoms with van der Waals surface area (Å²) in [5, 5.41) is 7.12. The van der Waals surface area contributed by atoms with E-state index in [0.29, 0.717) is 6.42 Å². The molecule has 3 heterocycles. The zero-order chi connectivity index (χ0) is 27.6. The maximum atomic E-state index is 13.7. The number of halogens is 3. The number of aromatic nitrogens is 7. The minimum Gasteiger partial charge on any atom is -0.479 e. The van der Waals surface area contributed by atoms with Crippen molar-refractivity contribution in [3.05, 3.63) is 35.4 Å². The topological polar surface area (TPSA) is 156 Å². The third kappa shape index (κ3) is 5.19. The number of anilines is 1. The average Bonchev–Trinajstić information content (AvgIpc) is 3.25. The number of sulfonamides is 1. The molecule has 3 aromatic rings. The molecule has 1 fully saturated rings. The van der Waals surface area contributed by atoms with Gasteiger partial charge in [0.15, 0.2) is 11.5 Å². The van der Waals surface area contributed by atoms with Crippen molar-refractivity contribution < 1.29 is 31.4 Å². The van der Waals surface area contributed by atoms with Gasteiger partial charge in [-0.2, -0.15) is 9.97 Å². The lowest BCUT2D eigenvalue weighted by atomic mass is 9.73. The maximum absolute atomic E-state index is 13.7. The Morgan fingerprint density at radius 2 is 1.68 bits per heavy atom. The summed E-state index contributed by atoms with van der Waals surface area (Å²) in [4.78, 5) is 16.2. The molecule has 0 bridgehead atoms. The highest BCUT2D eigenvalue weighted by Gasteiger charge is 2.43. The lowest BCUT2D eigenvalue weighted by Gasteiger charge is -2.35. The highest BCUT2D eigenvalue weighted by molar-refractivity contribution is 7.93. The molecule has 4 atom stereocenters. The Labute approximate surface area is 222 Å². The van der Waals surface area contributed by atoms with Gasteiger partial charge in [-0.05, 0) is 19.8 Å². The van der Waals surface area contributed by atoms with E-state index < -0.39 is 39.6 Å². The van der Waals surface area contributed by atoms with Gasteiger partial charge in [0, 0.05) is 31.3 Å². The summed E-state index contributed by atoms with van der Waals surface area (Å²) < 4.78 is 74.0. The second-order valence-electron chi connectivity index (χ2n) is 8.41. The molecule has 0 amide bonds. The number of ether oxygens (including phenoxy) is 3. The van der Waals surface area contributed by atoms with Crippen molar-refractivity contribution in [2.75, 3.05) is 26.1 Å². The molecule has 1 saturated carbocycles. The second kappa shape index (κ2) is 11.2. The Kier molecular flexibility index (Phi) is 8.22. The third-order valence-corrected chi connectivity index (χ3v) is 8.22. The van der Waals surface area contributed by atoms with Gasteiger partial charge in [0.05, 0.1) is 19.2 Å². The van der Waals surface area contributed by atoms with Crippen molar-refractivity contribution in [2.24, 2.45) is 5.92 Å². The fourth-order valence-corrected chi connectivity index (χ4v) is 5.40. The van der Waals surface area contributed by atoms with Crippen LogP contribution in [0, 0.1) is 5.92 Å². The monoisotopic (exact) mass is 574 g/mol. The zero-order valence-corrected chi connectivity index (χ0v) is 22.3. The van der Waals surface area contributed by atoms with Crippen LogP contribution in [0.1, 0.15) is 43.4 Å². The predicted octanol–water partition coefficient (Wildman–Crippen LogP) is 2.79. The molecule has 3 aromatic heterocycles. The van der Waals surface area contributed by atoms with Gasteiger partial charge in [0.2, 0.25) is 34.2 Å². The Hall–Kier alpha value is -3.24. The minimum absolute atomic E-state index is 0.0105. The van der Waals surface area contributed by atoms with Gasteiger partial charge in [-0.15, -0.1) is 10.2 Å². The van der Waals surface area contributed by atoms with Crippen molar-refractivity contribution in [3.63, 3.8) is 0 Å². The summed E-state index contributed by atoms with van der Waals surface area (Å²) >= 11 is 5.84. The summed E-state index contributed by atoms with van der Waals surface area (Å²) in [6, 6.07) is 0. The quantitative estimate of drug-likeness (QED) is 0.359. The molecule has 13 nitrogen and oxygen atoms in total. The zero-order valence-electron chi connectivity index (χ0n) is 20.7. The summed E-state index contributed by atoms with van der Waals surface area (Å²) in [6.07, 6.45) is 0.807. The van der Waals surface area contributed by atoms with Gasteiger partial charge in [-0.25, -0.2) is 27.2 Å². The Morgan fingerprint density at radius 1 is 1.05 bits per heavy atom. The molecule has 4 rings (SSSR count). The Balaban J connectivity index is 1.79. The number of nitrogens with one attached hydrogen (secondary N) is 1. The standard InChI is InChI=1S/C21H25ClF2N8O5S/c1-10(15(35-2)17-25-7-11(22)8-26-17)38(33,34)31-21-30-29-18(13-6-5-12(13)16(23)24)32(21)14-19(36-3)27-9-28-20(14)37-4/h7-10,12-13,15-16H,5-6H2,1-4H3,(H,30,31)/t10-,12?,13-,15-/m0/s1. The fraction of sp³-hybridized carbons (Fsp3) is 0.524. The summed E-state index contributed by atoms with van der Waals surface area (Å²) in [6.45, 7) is 1.39. The van der Waals surface area contributed by atoms with Crippen LogP contribution in [-0.2, 0) is 14.8 Å². The maximum Gasteiger partial charge on any atom is 0.245 e. The van der Waals surface area contributed by atoms with E-state index in [2.05, 4.69) is 34.9 Å². The smallest absolute Gasteiger partial charge is 0.245 e. The summed E-state index contributed by atoms with van der Waals surface area (Å²) in [5.74, 6) is -1.84. The predicted molar refractivity (Wildman–Crippen MR) is 130 cm³/mol. The van der Waals surface area contributed by atoms with E-state index in [1.165, 1.54) is 51.5 Å². The third-order valence-electron chi connectivity index (χ3n) is 6.33. The molecular weight excluding hydrogens is 550 g/mol. The van der Waals surface area contributed by atoms with E-state index in [1.54, 1.807) is 0 Å². The second-order valence-corrected chi connectivity index (χ2v) is 10.9. The first-order chi connectivity index (χ1) is 18.1. The molecule has 0 aromatic carbocycles. The van der Waals surface area contributed by atoms with Crippen molar-refractivity contribution in [3.8, 4) is 17.4 Å². The first-order valence-electron chi connectivity index (χ1n) is 11.3. The van der Waals surface area contributed by atoms with E-state index in [4.69, 9.17) is 25.8 Å². The SMILES string of the molecule is COc1ncnc(OC)c1-n1c(NS(=O)(=O)[C@@H](C)[C@H](OC)c2ncc(Cl)cn2)nnc1[C@H]1CCC1C(F)F. The normalized spacial score (nSPS) is 19.1. The van der Waals surface area contributed by atoms with Gasteiger partial charge in [0.1, 0.15) is 23.5 Å². The molecule has 1 aliphatic rings. The lowest BCUT2D eigenvalue weighted by Crippen LogP contribution is -2.34. The van der Waals surface area contributed by atoms with Gasteiger partial charge >= 0.3 is 0 Å². The van der Waals surface area contributed by atoms with Crippen LogP contribution in [0.5, 0.6) is 11.8 Å². The minimum atomic E-state index is -4.27. The molecule has 0 saturated heterocycles. The van der Waals surface area contributed by atoms with Gasteiger partial charge < -0.3 is 14.2 Å². The van der Waals surface area contributed by atoms with E-state index in [-0.39, 0.29) is 46.5 Å². The Bertz CT molecular complexity index is 1360. The van der Waals surface area contributed by atoms with Crippen LogP contribution in [0.3, 0.4) is 0 Å². The number of nitrogens with zero attached hydrogens (tertiary/aromatic N) is 7. The molecule has 0 spiro atoms. The summed E-state index contributed by atoms with van der Waals surface area (Å²) in [7, 11) is -0.282. The van der Waals surface area contributed by atoms with Gasteiger partial charge in [0.25, 0.3) is 0 Å². The van der Waals surface area contributed by atoms with Crippen LogP contribution in [0.4, 0.5) is 14.7 Å². The number of hydrogen-bond donors (Lipinski definition) is 1. The van der Waals surface area contributed by atoms with Gasteiger partial charge in [-0.3, -0.25) is 9.29 Å². The number of methoxy groups -OCH3 is 3. The first kappa shape index (κ1) is 27.8. The number of rotatable bonds is 11. The van der Waals surface area contributed by atoms with Crippen molar-refractivity contribution in [1.29, 1.82) is 0 Å². The highest BCUT2D eigenvalue weighted by atomic mass is 35.5. The molecule has 1 N–H and O–H groups in total. The Morgan fingerprint density at radius 3 is 2.18 bits per heavy atom. The molecule has 38 heavy (non-hydrogen) atoms. The van der Waals surface area contributed by atoms with Crippen molar-refractivity contribution >= 4 is 27.6 Å². The molecule has 1 unspecified atom stereocenters. The molecular formula is C21H25ClF2N8O5S. The number of hydrogen-bond acceptors (Lipinski definition) is 11. The van der Waals surface area contributed by atoms with Crippen LogP contribution in [-0.4, -0.2) is 76.1 Å². The molecule has 0 radical (unpaired) electrons. The number of alkyl halides is 2. The lowest BCUT2D eigenvalue weighted by molar-refractivity contribution is 0.0139. The van der Waals surface area contributed by atoms with Crippen LogP contribution in [0.2, 0.25) is 5.02 Å². The van der Waals surface area contributed by atoms with Crippen molar-refractivity contribution in [1.82, 2.24) is 34.7 Å². The van der Waals surface area contributed by atoms with Crippen LogP contribution in [0.25, 0.3) is 5.69 Å². The van der Waals surface area contributed by atoms with Crippen molar-refractivity contribution in [2.45, 2.75) is 43.5 Å². The van der Waals surface area contributed by atoms with Crippen LogP contribution in [0.15, 0.2) is 18.7 Å². The highest BCUT2D eigenvalue weighted by Crippen LogP contribution is 2.47. The van der Waals surface area contributed by atoms with E-state index in [0.717, 1.165) is 0 Å². The van der Waals surface area contributed by atoms with Gasteiger partial charge in [-0.1, -0.05) is 11.6 Å². The molecule has 206 valence electrons. The van der Waals surface area contributed by atoms with Crippen LogP contribution < -0.4 is 14.2 Å². The average molecular weight is 575 g/mol. The fourth-order valence-electron chi connectivity index (χ4n) is 4.17. The van der Waals surface area contributed by atoms with Crippen LogP contribution >= 0.6 is 11.6 Å². The van der Waals surface area contributed by atoms with E-state index in [9.17, 15) is 17.2 Å². The molecule has 1 aliphatic carbocycles. The first-order valence-corrected chi connectivity index (χ1v) is 13.2. The molecule has 17 heteroatoms. The molecule has 0 aliphatic heterocycles. The summed E-state index contributed by atoms with van der Waals surface area (Å²) in [5.41, 5.74) is 0.0482. The van der Waals surface area contributed by atoms with E-state index in [1.807, 2.05) is 0 Å². The largest absolute Gasteiger partial charge is 0.479 e. The van der Waals surface area contributed by atoms with E-state index >= 15 is 0 Å².